The lowest BCUT2D eigenvalue weighted by Crippen LogP contribution is -2.23. The highest BCUT2D eigenvalue weighted by Gasteiger charge is 2.50. The van der Waals surface area contributed by atoms with Gasteiger partial charge in [-0.2, -0.15) is 0 Å². The van der Waals surface area contributed by atoms with Crippen molar-refractivity contribution in [2.24, 2.45) is 0 Å². The lowest BCUT2D eigenvalue weighted by atomic mass is 10.2. The Morgan fingerprint density at radius 3 is 0.913 bits per heavy atom. The van der Waals surface area contributed by atoms with Crippen LogP contribution in [0.3, 0.4) is 0 Å². The monoisotopic (exact) mass is 646 g/mol. The predicted molar refractivity (Wildman–Crippen MR) is 189 cm³/mol. The minimum Gasteiger partial charge on any atom is -0.508 e. The van der Waals surface area contributed by atoms with Gasteiger partial charge in [0.05, 0.1) is 0 Å². The number of benzene rings is 6. The number of ether oxygens (including phenoxy) is 1. The SMILES string of the molecule is CC(C)(C)Oc1ccc(S(c2ccccc2)(c2ccccc2)S(c2ccc(O)cc2)(c2ccc(O)cc2)c2ccc(O)cc2)cc1. The molecule has 6 rings (SSSR count). The van der Waals surface area contributed by atoms with Gasteiger partial charge in [-0.15, -0.1) is 18.1 Å². The first-order valence-electron chi connectivity index (χ1n) is 15.1. The third-order valence-corrected chi connectivity index (χ3v) is 19.7. The summed E-state index contributed by atoms with van der Waals surface area (Å²) in [5, 5.41) is 31.6. The van der Waals surface area contributed by atoms with E-state index in [1.165, 1.54) is 0 Å². The van der Waals surface area contributed by atoms with Gasteiger partial charge in [-0.05, 0) is 142 Å². The maximum Gasteiger partial charge on any atom is 0.120 e. The maximum absolute atomic E-state index is 10.5. The second kappa shape index (κ2) is 12.5. The molecule has 6 heteroatoms. The Kier molecular flexibility index (Phi) is 8.51. The summed E-state index contributed by atoms with van der Waals surface area (Å²) in [5.74, 6) is 1.32. The van der Waals surface area contributed by atoms with Crippen molar-refractivity contribution >= 4 is 18.1 Å². The third-order valence-electron chi connectivity index (χ3n) is 7.61. The van der Waals surface area contributed by atoms with Crippen LogP contribution in [0.4, 0.5) is 0 Å². The van der Waals surface area contributed by atoms with E-state index in [-0.39, 0.29) is 22.8 Å². The molecule has 0 bridgehead atoms. The molecule has 6 aromatic rings. The first kappa shape index (κ1) is 31.2. The van der Waals surface area contributed by atoms with Gasteiger partial charge in [-0.1, -0.05) is 36.4 Å². The molecule has 0 saturated carbocycles. The second-order valence-corrected chi connectivity index (χ2v) is 20.0. The van der Waals surface area contributed by atoms with Crippen LogP contribution in [0.5, 0.6) is 23.0 Å². The largest absolute Gasteiger partial charge is 0.508 e. The standard InChI is InChI=1S/C40H38O4S2/c1-40(2,3)44-33-20-28-39(29-21-33)45(34-10-6-4-7-11-34,35-12-8-5-9-13-35)46(36-22-14-30(41)15-23-36,37-24-16-31(42)17-25-37)38-26-18-32(43)19-27-38/h4-29,41-43H,1-3H3. The molecule has 0 aliphatic rings. The fourth-order valence-corrected chi connectivity index (χ4v) is 19.6. The average molecular weight is 647 g/mol. The van der Waals surface area contributed by atoms with Crippen LogP contribution >= 0.6 is 18.1 Å². The fourth-order valence-electron chi connectivity index (χ4n) is 5.87. The molecule has 46 heavy (non-hydrogen) atoms. The van der Waals surface area contributed by atoms with Gasteiger partial charge in [-0.25, -0.2) is 0 Å². The lowest BCUT2D eigenvalue weighted by molar-refractivity contribution is 0.131. The Morgan fingerprint density at radius 2 is 0.630 bits per heavy atom. The van der Waals surface area contributed by atoms with Crippen molar-refractivity contribution in [1.82, 2.24) is 0 Å². The molecule has 6 aromatic carbocycles. The lowest BCUT2D eigenvalue weighted by Gasteiger charge is -2.60. The zero-order valence-corrected chi connectivity index (χ0v) is 27.7. The zero-order valence-electron chi connectivity index (χ0n) is 26.1. The second-order valence-electron chi connectivity index (χ2n) is 11.9. The minimum atomic E-state index is -2.38. The molecule has 0 aromatic heterocycles. The normalized spacial score (nSPS) is 12.8. The fraction of sp³-hybridized carbons (Fsp3) is 0.100. The van der Waals surface area contributed by atoms with E-state index in [0.29, 0.717) is 0 Å². The van der Waals surface area contributed by atoms with Gasteiger partial charge in [0, 0.05) is 29.4 Å². The summed E-state index contributed by atoms with van der Waals surface area (Å²) in [6.07, 6.45) is 0. The summed E-state index contributed by atoms with van der Waals surface area (Å²) in [6, 6.07) is 52.4. The number of rotatable bonds is 8. The molecule has 234 valence electrons. The highest BCUT2D eigenvalue weighted by atomic mass is 33.2. The number of hydrogen-bond acceptors (Lipinski definition) is 4. The molecule has 0 saturated heterocycles. The van der Waals surface area contributed by atoms with E-state index in [1.807, 2.05) is 69.3 Å². The van der Waals surface area contributed by atoms with Gasteiger partial charge in [0.1, 0.15) is 28.6 Å². The maximum atomic E-state index is 10.5. The van der Waals surface area contributed by atoms with Crippen LogP contribution in [-0.2, 0) is 0 Å². The van der Waals surface area contributed by atoms with E-state index in [2.05, 4.69) is 72.8 Å². The van der Waals surface area contributed by atoms with E-state index in [9.17, 15) is 15.3 Å². The van der Waals surface area contributed by atoms with Crippen LogP contribution in [0.1, 0.15) is 20.8 Å². The van der Waals surface area contributed by atoms with E-state index < -0.39 is 18.1 Å². The average Bonchev–Trinajstić information content (AvgIpc) is 3.06. The topological polar surface area (TPSA) is 69.9 Å². The van der Waals surface area contributed by atoms with Crippen molar-refractivity contribution in [3.8, 4) is 23.0 Å². The van der Waals surface area contributed by atoms with Crippen LogP contribution < -0.4 is 4.74 Å². The molecule has 0 fully saturated rings. The molecule has 3 N–H and O–H groups in total. The van der Waals surface area contributed by atoms with Crippen LogP contribution in [-0.4, -0.2) is 20.9 Å². The molecule has 0 radical (unpaired) electrons. The smallest absolute Gasteiger partial charge is 0.120 e. The molecule has 4 nitrogen and oxygen atoms in total. The van der Waals surface area contributed by atoms with Gasteiger partial charge in [0.15, 0.2) is 0 Å². The Morgan fingerprint density at radius 1 is 0.370 bits per heavy atom. The summed E-state index contributed by atoms with van der Waals surface area (Å²) in [7, 11) is -4.69. The molecule has 0 atom stereocenters. The van der Waals surface area contributed by atoms with Gasteiger partial charge in [0.25, 0.3) is 0 Å². The Hall–Kier alpha value is -4.78. The van der Waals surface area contributed by atoms with Crippen molar-refractivity contribution in [3.05, 3.63) is 158 Å². The molecule has 0 spiro atoms. The van der Waals surface area contributed by atoms with Gasteiger partial charge < -0.3 is 20.1 Å². The quantitative estimate of drug-likeness (QED) is 0.144. The van der Waals surface area contributed by atoms with E-state index in [4.69, 9.17) is 4.74 Å². The van der Waals surface area contributed by atoms with Crippen molar-refractivity contribution in [2.75, 3.05) is 0 Å². The molecule has 0 aliphatic heterocycles. The Bertz CT molecular complexity index is 1730. The number of phenols is 3. The summed E-state index contributed by atoms with van der Waals surface area (Å²) >= 11 is 0. The van der Waals surface area contributed by atoms with Crippen LogP contribution in [0.2, 0.25) is 0 Å². The first-order valence-corrected chi connectivity index (χ1v) is 18.9. The van der Waals surface area contributed by atoms with E-state index in [0.717, 1.165) is 35.1 Å². The summed E-state index contributed by atoms with van der Waals surface area (Å²) in [5.41, 5.74) is -0.358. The van der Waals surface area contributed by atoms with Crippen molar-refractivity contribution in [1.29, 1.82) is 0 Å². The van der Waals surface area contributed by atoms with Gasteiger partial charge >= 0.3 is 0 Å². The highest BCUT2D eigenvalue weighted by Crippen LogP contribution is 2.99. The van der Waals surface area contributed by atoms with Crippen molar-refractivity contribution < 1.29 is 20.1 Å². The van der Waals surface area contributed by atoms with Crippen molar-refractivity contribution in [3.63, 3.8) is 0 Å². The highest BCUT2D eigenvalue weighted by molar-refractivity contribution is 9.08. The van der Waals surface area contributed by atoms with Crippen molar-refractivity contribution in [2.45, 2.75) is 55.7 Å². The Labute approximate surface area is 273 Å². The van der Waals surface area contributed by atoms with Gasteiger partial charge in [-0.3, -0.25) is 0 Å². The molecular weight excluding hydrogens is 609 g/mol. The number of hydrogen-bond donors (Lipinski definition) is 3. The Balaban J connectivity index is 1.87. The summed E-state index contributed by atoms with van der Waals surface area (Å²) < 4.78 is 6.29. The molecule has 0 aliphatic carbocycles. The molecule has 0 heterocycles. The van der Waals surface area contributed by atoms with Crippen LogP contribution in [0.15, 0.2) is 187 Å². The van der Waals surface area contributed by atoms with Crippen LogP contribution in [0, 0.1) is 0 Å². The summed E-state index contributed by atoms with van der Waals surface area (Å²) in [6.45, 7) is 6.13. The van der Waals surface area contributed by atoms with Gasteiger partial charge in [0.2, 0.25) is 0 Å². The summed E-state index contributed by atoms with van der Waals surface area (Å²) in [4.78, 5) is 6.50. The van der Waals surface area contributed by atoms with Crippen LogP contribution in [0.25, 0.3) is 0 Å². The molecular formula is C40H38O4S2. The number of phenolic OH excluding ortho intramolecular Hbond substituents is 3. The van der Waals surface area contributed by atoms with E-state index >= 15 is 0 Å². The molecule has 0 amide bonds. The van der Waals surface area contributed by atoms with E-state index in [1.54, 1.807) is 36.4 Å². The zero-order chi connectivity index (χ0) is 32.4. The predicted octanol–water partition coefficient (Wildman–Crippen LogP) is 11.2. The third kappa shape index (κ3) is 5.59. The first-order chi connectivity index (χ1) is 22.1. The minimum absolute atomic E-state index is 0.178. The molecule has 0 unspecified atom stereocenters. The number of aromatic hydroxyl groups is 3.